The Morgan fingerprint density at radius 2 is 2.25 bits per heavy atom. The van der Waals surface area contributed by atoms with Crippen LogP contribution in [-0.2, 0) is 4.74 Å². The number of nitrogens with one attached hydrogen (secondary N) is 1. The molecule has 0 aliphatic carbocycles. The minimum Gasteiger partial charge on any atom is -0.502 e. The Balaban J connectivity index is 2.00. The molecule has 1 aliphatic heterocycles. The molecule has 0 aromatic rings. The largest absolute Gasteiger partial charge is 0.502 e. The van der Waals surface area contributed by atoms with Crippen LogP contribution in [0.3, 0.4) is 0 Å². The van der Waals surface area contributed by atoms with Crippen LogP contribution in [0.1, 0.15) is 19.3 Å². The maximum absolute atomic E-state index is 5.29. The molecular weight excluding hydrogens is 200 g/mol. The van der Waals surface area contributed by atoms with Crippen LogP contribution in [0.25, 0.3) is 0 Å². The Kier molecular flexibility index (Phi) is 6.71. The summed E-state index contributed by atoms with van der Waals surface area (Å²) in [4.78, 5) is 2.33. The lowest BCUT2D eigenvalue weighted by atomic mass is 10.1. The highest BCUT2D eigenvalue weighted by atomic mass is 16.5. The lowest BCUT2D eigenvalue weighted by Crippen LogP contribution is -2.42. The van der Waals surface area contributed by atoms with E-state index in [4.69, 9.17) is 11.2 Å². The number of hydrogen-bond acceptors (Lipinski definition) is 3. The molecule has 1 rings (SSSR count). The number of rotatable bonds is 7. The molecule has 0 aromatic heterocycles. The van der Waals surface area contributed by atoms with Gasteiger partial charge in [0, 0.05) is 19.1 Å². The third-order valence-corrected chi connectivity index (χ3v) is 2.89. The third kappa shape index (κ3) is 5.20. The van der Waals surface area contributed by atoms with Crippen LogP contribution in [0.5, 0.6) is 0 Å². The zero-order valence-electron chi connectivity index (χ0n) is 9.95. The highest BCUT2D eigenvalue weighted by Crippen LogP contribution is 2.09. The number of likely N-dealkylation sites (tertiary alicyclic amines) is 1. The standard InChI is InChI=1S/C13H22N2O/c1-3-9-15-10-6-13(7-11-15)14-8-5-12-16-4-2/h1,4,13-14H,2,5-12H2. The predicted octanol–water partition coefficient (Wildman–Crippen LogP) is 1.22. The Labute approximate surface area is 98.8 Å². The second kappa shape index (κ2) is 8.20. The van der Waals surface area contributed by atoms with E-state index < -0.39 is 0 Å². The molecule has 0 bridgehead atoms. The van der Waals surface area contributed by atoms with Crippen LogP contribution in [0, 0.1) is 12.3 Å². The molecule has 0 atom stereocenters. The zero-order chi connectivity index (χ0) is 11.6. The summed E-state index contributed by atoms with van der Waals surface area (Å²) in [6.07, 6.45) is 10.2. The van der Waals surface area contributed by atoms with E-state index >= 15 is 0 Å². The highest BCUT2D eigenvalue weighted by molar-refractivity contribution is 4.90. The van der Waals surface area contributed by atoms with Gasteiger partial charge in [0.15, 0.2) is 0 Å². The van der Waals surface area contributed by atoms with Crippen molar-refractivity contribution >= 4 is 0 Å². The van der Waals surface area contributed by atoms with Crippen LogP contribution >= 0.6 is 0 Å². The van der Waals surface area contributed by atoms with Crippen LogP contribution in [0.4, 0.5) is 0 Å². The summed E-state index contributed by atoms with van der Waals surface area (Å²) < 4.78 is 5.07. The fraction of sp³-hybridized carbons (Fsp3) is 0.692. The van der Waals surface area contributed by atoms with Gasteiger partial charge in [-0.05, 0) is 25.8 Å². The number of nitrogens with zero attached hydrogens (tertiary/aromatic N) is 1. The van der Waals surface area contributed by atoms with Gasteiger partial charge in [-0.15, -0.1) is 6.42 Å². The van der Waals surface area contributed by atoms with Gasteiger partial charge in [0.1, 0.15) is 0 Å². The molecule has 0 radical (unpaired) electrons. The molecular formula is C13H22N2O. The van der Waals surface area contributed by atoms with E-state index in [0.717, 1.165) is 39.2 Å². The molecule has 1 fully saturated rings. The summed E-state index contributed by atoms with van der Waals surface area (Å²) in [6.45, 7) is 8.31. The maximum Gasteiger partial charge on any atom is 0.0885 e. The molecule has 0 amide bonds. The summed E-state index contributed by atoms with van der Waals surface area (Å²) in [6, 6.07) is 0.651. The first-order valence-corrected chi connectivity index (χ1v) is 5.98. The van der Waals surface area contributed by atoms with Crippen molar-refractivity contribution in [3.05, 3.63) is 12.8 Å². The van der Waals surface area contributed by atoms with Gasteiger partial charge >= 0.3 is 0 Å². The second-order valence-corrected chi connectivity index (χ2v) is 4.10. The summed E-state index contributed by atoms with van der Waals surface area (Å²) in [5.41, 5.74) is 0. The molecule has 0 aromatic carbocycles. The average Bonchev–Trinajstić information content (AvgIpc) is 2.31. The maximum atomic E-state index is 5.29. The molecule has 0 spiro atoms. The van der Waals surface area contributed by atoms with Crippen LogP contribution in [-0.4, -0.2) is 43.7 Å². The van der Waals surface area contributed by atoms with E-state index in [-0.39, 0.29) is 0 Å². The molecule has 1 aliphatic rings. The first-order chi connectivity index (χ1) is 7.86. The number of hydrogen-bond donors (Lipinski definition) is 1. The Morgan fingerprint density at radius 1 is 1.50 bits per heavy atom. The summed E-state index contributed by atoms with van der Waals surface area (Å²) >= 11 is 0. The summed E-state index contributed by atoms with van der Waals surface area (Å²) in [5.74, 6) is 2.70. The van der Waals surface area contributed by atoms with Crippen LogP contribution in [0.15, 0.2) is 12.8 Å². The molecule has 90 valence electrons. The van der Waals surface area contributed by atoms with E-state index in [1.807, 2.05) is 0 Å². The first kappa shape index (κ1) is 13.1. The van der Waals surface area contributed by atoms with Crippen molar-refractivity contribution in [3.8, 4) is 12.3 Å². The molecule has 3 heteroatoms. The molecule has 1 N–H and O–H groups in total. The van der Waals surface area contributed by atoms with Gasteiger partial charge in [0.25, 0.3) is 0 Å². The number of piperidine rings is 1. The van der Waals surface area contributed by atoms with Crippen molar-refractivity contribution in [2.75, 3.05) is 32.8 Å². The molecule has 3 nitrogen and oxygen atoms in total. The molecule has 0 unspecified atom stereocenters. The summed E-state index contributed by atoms with van der Waals surface area (Å²) in [7, 11) is 0. The van der Waals surface area contributed by atoms with Crippen molar-refractivity contribution in [2.45, 2.75) is 25.3 Å². The molecule has 1 saturated heterocycles. The fourth-order valence-electron chi connectivity index (χ4n) is 1.97. The van der Waals surface area contributed by atoms with Gasteiger partial charge in [-0.1, -0.05) is 12.5 Å². The van der Waals surface area contributed by atoms with Gasteiger partial charge in [-0.2, -0.15) is 0 Å². The molecule has 1 heterocycles. The van der Waals surface area contributed by atoms with Gasteiger partial charge in [0.05, 0.1) is 19.4 Å². The van der Waals surface area contributed by atoms with E-state index in [9.17, 15) is 0 Å². The van der Waals surface area contributed by atoms with Gasteiger partial charge in [0.2, 0.25) is 0 Å². The Morgan fingerprint density at radius 3 is 2.88 bits per heavy atom. The highest BCUT2D eigenvalue weighted by Gasteiger charge is 2.17. The normalized spacial score (nSPS) is 17.9. The lowest BCUT2D eigenvalue weighted by Gasteiger charge is -2.31. The van der Waals surface area contributed by atoms with Gasteiger partial charge in [-0.3, -0.25) is 4.90 Å². The predicted molar refractivity (Wildman–Crippen MR) is 67.1 cm³/mol. The Bertz CT molecular complexity index is 227. The smallest absolute Gasteiger partial charge is 0.0885 e. The lowest BCUT2D eigenvalue weighted by molar-refractivity contribution is 0.209. The zero-order valence-corrected chi connectivity index (χ0v) is 9.95. The minimum absolute atomic E-state index is 0.651. The van der Waals surface area contributed by atoms with Gasteiger partial charge in [-0.25, -0.2) is 0 Å². The van der Waals surface area contributed by atoms with Crippen molar-refractivity contribution in [1.82, 2.24) is 10.2 Å². The second-order valence-electron chi connectivity index (χ2n) is 4.10. The van der Waals surface area contributed by atoms with Crippen molar-refractivity contribution < 1.29 is 4.74 Å². The SMILES string of the molecule is C#CCN1CCC(NCCCOC=C)CC1. The molecule has 16 heavy (non-hydrogen) atoms. The van der Waals surface area contributed by atoms with Crippen LogP contribution < -0.4 is 5.32 Å². The quantitative estimate of drug-likeness (QED) is 0.398. The minimum atomic E-state index is 0.651. The monoisotopic (exact) mass is 222 g/mol. The summed E-state index contributed by atoms with van der Waals surface area (Å²) in [5, 5.41) is 3.55. The van der Waals surface area contributed by atoms with E-state index in [1.165, 1.54) is 19.1 Å². The van der Waals surface area contributed by atoms with E-state index in [0.29, 0.717) is 6.04 Å². The Hall–Kier alpha value is -0.980. The average molecular weight is 222 g/mol. The van der Waals surface area contributed by atoms with E-state index in [1.54, 1.807) is 0 Å². The topological polar surface area (TPSA) is 24.5 Å². The fourth-order valence-corrected chi connectivity index (χ4v) is 1.97. The van der Waals surface area contributed by atoms with Crippen molar-refractivity contribution in [2.24, 2.45) is 0 Å². The number of terminal acetylenes is 1. The first-order valence-electron chi connectivity index (χ1n) is 5.98. The number of ether oxygens (including phenoxy) is 1. The van der Waals surface area contributed by atoms with Crippen molar-refractivity contribution in [1.29, 1.82) is 0 Å². The third-order valence-electron chi connectivity index (χ3n) is 2.89. The van der Waals surface area contributed by atoms with Crippen LogP contribution in [0.2, 0.25) is 0 Å². The van der Waals surface area contributed by atoms with E-state index in [2.05, 4.69) is 22.7 Å². The molecule has 0 saturated carbocycles. The van der Waals surface area contributed by atoms with Gasteiger partial charge < -0.3 is 10.1 Å². The van der Waals surface area contributed by atoms with Crippen molar-refractivity contribution in [3.63, 3.8) is 0 Å².